The van der Waals surface area contributed by atoms with Gasteiger partial charge in [0, 0.05) is 6.54 Å². The molecule has 1 unspecified atom stereocenters. The maximum atomic E-state index is 12.1. The predicted molar refractivity (Wildman–Crippen MR) is 109 cm³/mol. The van der Waals surface area contributed by atoms with E-state index in [0.717, 1.165) is 22.4 Å². The lowest BCUT2D eigenvalue weighted by Gasteiger charge is -2.15. The van der Waals surface area contributed by atoms with Gasteiger partial charge in [0.15, 0.2) is 0 Å². The molecule has 0 fully saturated rings. The van der Waals surface area contributed by atoms with E-state index in [1.807, 2.05) is 62.4 Å². The van der Waals surface area contributed by atoms with E-state index in [1.165, 1.54) is 6.33 Å². The second-order valence-electron chi connectivity index (χ2n) is 6.74. The van der Waals surface area contributed by atoms with E-state index in [2.05, 4.69) is 26.0 Å². The van der Waals surface area contributed by atoms with Crippen molar-refractivity contribution in [1.29, 1.82) is 0 Å². The molecule has 3 N–H and O–H groups in total. The number of nitrogens with zero attached hydrogens (tertiary/aromatic N) is 3. The van der Waals surface area contributed by atoms with Crippen LogP contribution < -0.4 is 16.0 Å². The predicted octanol–water partition coefficient (Wildman–Crippen LogP) is 2.25. The van der Waals surface area contributed by atoms with E-state index in [0.29, 0.717) is 6.54 Å². The van der Waals surface area contributed by atoms with Gasteiger partial charge >= 0.3 is 6.03 Å². The van der Waals surface area contributed by atoms with Gasteiger partial charge in [-0.2, -0.15) is 5.10 Å². The van der Waals surface area contributed by atoms with Crippen LogP contribution >= 0.6 is 0 Å². The molecule has 29 heavy (non-hydrogen) atoms. The number of nitrogens with one attached hydrogen (secondary N) is 3. The topological polar surface area (TPSA) is 101 Å². The first-order chi connectivity index (χ1) is 14.0. The van der Waals surface area contributed by atoms with Crippen LogP contribution in [0, 0.1) is 6.92 Å². The van der Waals surface area contributed by atoms with Gasteiger partial charge in [-0.15, -0.1) is 0 Å². The molecule has 8 heteroatoms. The van der Waals surface area contributed by atoms with Gasteiger partial charge < -0.3 is 16.0 Å². The van der Waals surface area contributed by atoms with Crippen molar-refractivity contribution in [2.75, 3.05) is 6.54 Å². The summed E-state index contributed by atoms with van der Waals surface area (Å²) in [5, 5.41) is 12.3. The Labute approximate surface area is 169 Å². The maximum Gasteiger partial charge on any atom is 0.315 e. The second-order valence-corrected chi connectivity index (χ2v) is 6.74. The van der Waals surface area contributed by atoms with Crippen molar-refractivity contribution in [3.8, 4) is 5.69 Å². The highest BCUT2D eigenvalue weighted by Gasteiger charge is 2.11. The Morgan fingerprint density at radius 2 is 1.76 bits per heavy atom. The summed E-state index contributed by atoms with van der Waals surface area (Å²) in [6.07, 6.45) is 3.09. The molecule has 3 amide bonds. The van der Waals surface area contributed by atoms with Crippen molar-refractivity contribution >= 4 is 11.9 Å². The van der Waals surface area contributed by atoms with Gasteiger partial charge in [0.05, 0.1) is 18.3 Å². The molecule has 0 spiro atoms. The van der Waals surface area contributed by atoms with Gasteiger partial charge in [-0.25, -0.2) is 14.5 Å². The number of urea groups is 1. The Morgan fingerprint density at radius 1 is 1.03 bits per heavy atom. The first-order valence-corrected chi connectivity index (χ1v) is 9.33. The van der Waals surface area contributed by atoms with Crippen LogP contribution in [0.3, 0.4) is 0 Å². The van der Waals surface area contributed by atoms with E-state index >= 15 is 0 Å². The zero-order chi connectivity index (χ0) is 20.6. The summed E-state index contributed by atoms with van der Waals surface area (Å²) >= 11 is 0. The molecule has 0 aliphatic rings. The normalized spacial score (nSPS) is 11.5. The van der Waals surface area contributed by atoms with Crippen LogP contribution in [0.25, 0.3) is 5.69 Å². The van der Waals surface area contributed by atoms with Crippen molar-refractivity contribution in [3.05, 3.63) is 77.9 Å². The largest absolute Gasteiger partial charge is 0.348 e. The van der Waals surface area contributed by atoms with Gasteiger partial charge in [-0.3, -0.25) is 4.79 Å². The molecule has 0 aliphatic carbocycles. The molecule has 0 aliphatic heterocycles. The van der Waals surface area contributed by atoms with Crippen LogP contribution in [0.15, 0.2) is 61.2 Å². The fourth-order valence-corrected chi connectivity index (χ4v) is 2.74. The first-order valence-electron chi connectivity index (χ1n) is 9.33. The standard InChI is InChI=1S/C21H24N6O2/c1-15-3-5-17(6-4-15)11-23-21(29)24-12-20(28)26-16(2)18-7-9-19(10-8-18)27-14-22-13-25-27/h3-10,13-14,16H,11-12H2,1-2H3,(H,26,28)(H2,23,24,29). The molecule has 0 saturated carbocycles. The number of rotatable bonds is 7. The first kappa shape index (κ1) is 20.1. The summed E-state index contributed by atoms with van der Waals surface area (Å²) in [6.45, 7) is 4.21. The summed E-state index contributed by atoms with van der Waals surface area (Å²) in [4.78, 5) is 27.9. The Kier molecular flexibility index (Phi) is 6.57. The molecule has 150 valence electrons. The molecular formula is C21H24N6O2. The molecule has 3 rings (SSSR count). The Balaban J connectivity index is 1.41. The summed E-state index contributed by atoms with van der Waals surface area (Å²) < 4.78 is 1.66. The van der Waals surface area contributed by atoms with Gasteiger partial charge in [0.25, 0.3) is 0 Å². The molecule has 1 aromatic heterocycles. The van der Waals surface area contributed by atoms with Crippen molar-refractivity contribution < 1.29 is 9.59 Å². The third kappa shape index (κ3) is 5.90. The zero-order valence-electron chi connectivity index (χ0n) is 16.4. The lowest BCUT2D eigenvalue weighted by molar-refractivity contribution is -0.120. The van der Waals surface area contributed by atoms with E-state index in [4.69, 9.17) is 0 Å². The third-order valence-corrected chi connectivity index (χ3v) is 4.44. The van der Waals surface area contributed by atoms with Crippen LogP contribution in [0.4, 0.5) is 4.79 Å². The molecule has 0 radical (unpaired) electrons. The number of hydrogen-bond donors (Lipinski definition) is 3. The van der Waals surface area contributed by atoms with E-state index < -0.39 is 0 Å². The van der Waals surface area contributed by atoms with Gasteiger partial charge in [0.1, 0.15) is 12.7 Å². The van der Waals surface area contributed by atoms with Crippen LogP contribution in [-0.2, 0) is 11.3 Å². The number of amides is 3. The molecule has 0 saturated heterocycles. The minimum Gasteiger partial charge on any atom is -0.348 e. The molecular weight excluding hydrogens is 368 g/mol. The van der Waals surface area contributed by atoms with E-state index in [1.54, 1.807) is 11.0 Å². The van der Waals surface area contributed by atoms with Crippen LogP contribution in [0.5, 0.6) is 0 Å². The van der Waals surface area contributed by atoms with E-state index in [-0.39, 0.29) is 24.5 Å². The summed E-state index contributed by atoms with van der Waals surface area (Å²) in [5.74, 6) is -0.261. The fourth-order valence-electron chi connectivity index (χ4n) is 2.74. The number of aryl methyl sites for hydroxylation is 1. The average molecular weight is 392 g/mol. The highest BCUT2D eigenvalue weighted by Crippen LogP contribution is 2.15. The van der Waals surface area contributed by atoms with Crippen molar-refractivity contribution in [2.24, 2.45) is 0 Å². The van der Waals surface area contributed by atoms with Gasteiger partial charge in [-0.1, -0.05) is 42.0 Å². The second kappa shape index (κ2) is 9.50. The smallest absolute Gasteiger partial charge is 0.315 e. The number of carbonyl (C=O) groups excluding carboxylic acids is 2. The lowest BCUT2D eigenvalue weighted by Crippen LogP contribution is -2.42. The zero-order valence-corrected chi connectivity index (χ0v) is 16.4. The van der Waals surface area contributed by atoms with Crippen LogP contribution in [0.1, 0.15) is 29.7 Å². The molecule has 8 nitrogen and oxygen atoms in total. The van der Waals surface area contributed by atoms with Crippen LogP contribution in [0.2, 0.25) is 0 Å². The maximum absolute atomic E-state index is 12.1. The molecule has 1 atom stereocenters. The van der Waals surface area contributed by atoms with Crippen molar-refractivity contribution in [1.82, 2.24) is 30.7 Å². The fraction of sp³-hybridized carbons (Fsp3) is 0.238. The van der Waals surface area contributed by atoms with Crippen molar-refractivity contribution in [3.63, 3.8) is 0 Å². The summed E-state index contributed by atoms with van der Waals surface area (Å²) in [6, 6.07) is 15.0. The van der Waals surface area contributed by atoms with Crippen LogP contribution in [-0.4, -0.2) is 33.2 Å². The highest BCUT2D eigenvalue weighted by molar-refractivity contribution is 5.84. The monoisotopic (exact) mass is 392 g/mol. The molecule has 2 aromatic carbocycles. The lowest BCUT2D eigenvalue weighted by atomic mass is 10.1. The number of carbonyl (C=O) groups is 2. The Morgan fingerprint density at radius 3 is 2.41 bits per heavy atom. The number of aromatic nitrogens is 3. The van der Waals surface area contributed by atoms with Crippen molar-refractivity contribution in [2.45, 2.75) is 26.4 Å². The molecule has 1 heterocycles. The Hall–Kier alpha value is -3.68. The summed E-state index contributed by atoms with van der Waals surface area (Å²) in [5.41, 5.74) is 4.00. The minimum atomic E-state index is -0.384. The van der Waals surface area contributed by atoms with E-state index in [9.17, 15) is 9.59 Å². The molecule has 0 bridgehead atoms. The number of hydrogen-bond acceptors (Lipinski definition) is 4. The van der Waals surface area contributed by atoms with Gasteiger partial charge in [-0.05, 0) is 37.1 Å². The minimum absolute atomic E-state index is 0.0961. The average Bonchev–Trinajstić information content (AvgIpc) is 3.27. The Bertz CT molecular complexity index is 936. The quantitative estimate of drug-likeness (QED) is 0.574. The van der Waals surface area contributed by atoms with Gasteiger partial charge in [0.2, 0.25) is 5.91 Å². The third-order valence-electron chi connectivity index (χ3n) is 4.44. The highest BCUT2D eigenvalue weighted by atomic mass is 16.2. The number of benzene rings is 2. The molecule has 3 aromatic rings. The summed E-state index contributed by atoms with van der Waals surface area (Å²) in [7, 11) is 0. The SMILES string of the molecule is Cc1ccc(CNC(=O)NCC(=O)NC(C)c2ccc(-n3cncn3)cc2)cc1.